The standard InChI is InChI=1S/C12H16F3N3O3/c1-8(3-2-4-11(20)21)16-10(19)7-18-6-5-9(17-18)12(13,14)15/h5-6,8H,2-4,7H2,1H3,(H,16,19)(H,20,21). The number of halogens is 3. The van der Waals surface area contributed by atoms with E-state index in [0.717, 1.165) is 16.9 Å². The lowest BCUT2D eigenvalue weighted by Crippen LogP contribution is -2.35. The Morgan fingerprint density at radius 2 is 2.14 bits per heavy atom. The molecule has 118 valence electrons. The third kappa shape index (κ3) is 6.28. The number of amides is 1. The zero-order valence-electron chi connectivity index (χ0n) is 11.4. The number of alkyl halides is 3. The minimum atomic E-state index is -4.54. The zero-order valence-corrected chi connectivity index (χ0v) is 11.4. The number of carboxylic acids is 1. The first-order chi connectivity index (χ1) is 9.68. The van der Waals surface area contributed by atoms with Crippen molar-refractivity contribution < 1.29 is 27.9 Å². The van der Waals surface area contributed by atoms with Crippen LogP contribution >= 0.6 is 0 Å². The smallest absolute Gasteiger partial charge is 0.435 e. The summed E-state index contributed by atoms with van der Waals surface area (Å²) < 4.78 is 37.9. The number of carboxylic acid groups (broad SMARTS) is 1. The quantitative estimate of drug-likeness (QED) is 0.802. The lowest BCUT2D eigenvalue weighted by Gasteiger charge is -2.13. The molecule has 2 N–H and O–H groups in total. The first-order valence-electron chi connectivity index (χ1n) is 6.30. The monoisotopic (exact) mass is 307 g/mol. The summed E-state index contributed by atoms with van der Waals surface area (Å²) >= 11 is 0. The Morgan fingerprint density at radius 1 is 1.48 bits per heavy atom. The third-order valence-electron chi connectivity index (χ3n) is 2.67. The summed E-state index contributed by atoms with van der Waals surface area (Å²) in [4.78, 5) is 21.9. The number of aliphatic carboxylic acids is 1. The first kappa shape index (κ1) is 17.0. The number of carbonyl (C=O) groups is 2. The Kier molecular flexibility index (Phi) is 5.74. The molecular formula is C12H16F3N3O3. The third-order valence-corrected chi connectivity index (χ3v) is 2.67. The molecule has 0 radical (unpaired) electrons. The molecule has 1 aromatic rings. The van der Waals surface area contributed by atoms with Gasteiger partial charge in [0.2, 0.25) is 5.91 Å². The van der Waals surface area contributed by atoms with E-state index in [9.17, 15) is 22.8 Å². The molecule has 0 aromatic carbocycles. The van der Waals surface area contributed by atoms with Crippen molar-refractivity contribution in [1.82, 2.24) is 15.1 Å². The molecule has 0 aliphatic rings. The van der Waals surface area contributed by atoms with Crippen molar-refractivity contribution in [2.24, 2.45) is 0 Å². The molecule has 0 saturated carbocycles. The highest BCUT2D eigenvalue weighted by Gasteiger charge is 2.33. The van der Waals surface area contributed by atoms with Crippen LogP contribution in [-0.4, -0.2) is 32.8 Å². The summed E-state index contributed by atoms with van der Waals surface area (Å²) in [6.45, 7) is 1.38. The van der Waals surface area contributed by atoms with E-state index in [0.29, 0.717) is 12.8 Å². The van der Waals surface area contributed by atoms with Gasteiger partial charge in [-0.15, -0.1) is 0 Å². The van der Waals surface area contributed by atoms with Crippen LogP contribution in [0.25, 0.3) is 0 Å². The molecule has 21 heavy (non-hydrogen) atoms. The number of aromatic nitrogens is 2. The van der Waals surface area contributed by atoms with Crippen molar-refractivity contribution in [1.29, 1.82) is 0 Å². The van der Waals surface area contributed by atoms with Gasteiger partial charge in [-0.25, -0.2) is 0 Å². The van der Waals surface area contributed by atoms with E-state index in [1.165, 1.54) is 0 Å². The second kappa shape index (κ2) is 7.09. The highest BCUT2D eigenvalue weighted by Crippen LogP contribution is 2.27. The van der Waals surface area contributed by atoms with Crippen LogP contribution in [0.3, 0.4) is 0 Å². The topological polar surface area (TPSA) is 84.2 Å². The maximum Gasteiger partial charge on any atom is 0.435 e. The molecule has 1 heterocycles. The van der Waals surface area contributed by atoms with E-state index >= 15 is 0 Å². The molecule has 0 spiro atoms. The van der Waals surface area contributed by atoms with Crippen molar-refractivity contribution in [3.05, 3.63) is 18.0 Å². The average molecular weight is 307 g/mol. The second-order valence-corrected chi connectivity index (χ2v) is 4.65. The van der Waals surface area contributed by atoms with Crippen LogP contribution in [0.15, 0.2) is 12.3 Å². The van der Waals surface area contributed by atoms with Gasteiger partial charge in [0.25, 0.3) is 0 Å². The number of hydrogen-bond donors (Lipinski definition) is 2. The predicted molar refractivity (Wildman–Crippen MR) is 66.3 cm³/mol. The van der Waals surface area contributed by atoms with Gasteiger partial charge in [0, 0.05) is 18.7 Å². The second-order valence-electron chi connectivity index (χ2n) is 4.65. The molecule has 1 amide bonds. The lowest BCUT2D eigenvalue weighted by atomic mass is 10.1. The number of carbonyl (C=O) groups excluding carboxylic acids is 1. The lowest BCUT2D eigenvalue weighted by molar-refractivity contribution is -0.142. The summed E-state index contributed by atoms with van der Waals surface area (Å²) in [5.41, 5.74) is -1.05. The van der Waals surface area contributed by atoms with Gasteiger partial charge < -0.3 is 10.4 Å². The largest absolute Gasteiger partial charge is 0.481 e. The highest BCUT2D eigenvalue weighted by atomic mass is 19.4. The molecule has 1 rings (SSSR count). The molecular weight excluding hydrogens is 291 g/mol. The molecule has 1 aromatic heterocycles. The number of nitrogens with zero attached hydrogens (tertiary/aromatic N) is 2. The van der Waals surface area contributed by atoms with E-state index < -0.39 is 23.7 Å². The fraction of sp³-hybridized carbons (Fsp3) is 0.583. The highest BCUT2D eigenvalue weighted by molar-refractivity contribution is 5.75. The van der Waals surface area contributed by atoms with Crippen LogP contribution in [0, 0.1) is 0 Å². The number of rotatable bonds is 7. The molecule has 0 aliphatic carbocycles. The van der Waals surface area contributed by atoms with E-state index in [-0.39, 0.29) is 19.0 Å². The van der Waals surface area contributed by atoms with Crippen molar-refractivity contribution in [3.63, 3.8) is 0 Å². The molecule has 1 atom stereocenters. The fourth-order valence-corrected chi connectivity index (χ4v) is 1.70. The minimum Gasteiger partial charge on any atom is -0.481 e. The van der Waals surface area contributed by atoms with Gasteiger partial charge in [0.15, 0.2) is 5.69 Å². The van der Waals surface area contributed by atoms with Crippen LogP contribution in [-0.2, 0) is 22.3 Å². The van der Waals surface area contributed by atoms with Crippen LogP contribution in [0.2, 0.25) is 0 Å². The van der Waals surface area contributed by atoms with Crippen LogP contribution < -0.4 is 5.32 Å². The molecule has 1 unspecified atom stereocenters. The minimum absolute atomic E-state index is 0.00824. The predicted octanol–water partition coefficient (Wildman–Crippen LogP) is 1.66. The maximum absolute atomic E-state index is 12.3. The van der Waals surface area contributed by atoms with E-state index in [1.54, 1.807) is 6.92 Å². The van der Waals surface area contributed by atoms with Gasteiger partial charge in [-0.05, 0) is 25.8 Å². The Morgan fingerprint density at radius 3 is 2.67 bits per heavy atom. The zero-order chi connectivity index (χ0) is 16.0. The van der Waals surface area contributed by atoms with Crippen molar-refractivity contribution in [2.45, 2.75) is 44.9 Å². The Balaban J connectivity index is 2.39. The summed E-state index contributed by atoms with van der Waals surface area (Å²) in [5, 5.41) is 14.3. The first-order valence-corrected chi connectivity index (χ1v) is 6.30. The van der Waals surface area contributed by atoms with Gasteiger partial charge >= 0.3 is 12.1 Å². The number of hydrogen-bond acceptors (Lipinski definition) is 3. The van der Waals surface area contributed by atoms with Crippen LogP contribution in [0.5, 0.6) is 0 Å². The Labute approximate surface area is 118 Å². The van der Waals surface area contributed by atoms with E-state index in [4.69, 9.17) is 5.11 Å². The van der Waals surface area contributed by atoms with E-state index in [2.05, 4.69) is 10.4 Å². The van der Waals surface area contributed by atoms with Crippen LogP contribution in [0.1, 0.15) is 31.9 Å². The molecule has 0 aliphatic heterocycles. The van der Waals surface area contributed by atoms with Crippen molar-refractivity contribution in [3.8, 4) is 0 Å². The number of nitrogens with one attached hydrogen (secondary N) is 1. The summed E-state index contributed by atoms with van der Waals surface area (Å²) in [6.07, 6.45) is -2.56. The van der Waals surface area contributed by atoms with Gasteiger partial charge in [0.05, 0.1) is 0 Å². The summed E-state index contributed by atoms with van der Waals surface area (Å²) in [5.74, 6) is -1.39. The normalized spacial score (nSPS) is 13.0. The molecule has 6 nitrogen and oxygen atoms in total. The van der Waals surface area contributed by atoms with Crippen molar-refractivity contribution in [2.75, 3.05) is 0 Å². The van der Waals surface area contributed by atoms with E-state index in [1.807, 2.05) is 0 Å². The average Bonchev–Trinajstić information content (AvgIpc) is 2.76. The van der Waals surface area contributed by atoms with Gasteiger partial charge in [-0.2, -0.15) is 18.3 Å². The molecule has 0 saturated heterocycles. The van der Waals surface area contributed by atoms with Gasteiger partial charge in [-0.3, -0.25) is 14.3 Å². The molecule has 0 bridgehead atoms. The molecule has 9 heteroatoms. The molecule has 0 fully saturated rings. The SMILES string of the molecule is CC(CCCC(=O)O)NC(=O)Cn1ccc(C(F)(F)F)n1. The summed E-state index contributed by atoms with van der Waals surface area (Å²) in [6, 6.07) is 0.540. The van der Waals surface area contributed by atoms with Crippen LogP contribution in [0.4, 0.5) is 13.2 Å². The maximum atomic E-state index is 12.3. The summed E-state index contributed by atoms with van der Waals surface area (Å²) in [7, 11) is 0. The Bertz CT molecular complexity index is 499. The van der Waals surface area contributed by atoms with Gasteiger partial charge in [0.1, 0.15) is 6.54 Å². The Hall–Kier alpha value is -2.06. The fourth-order valence-electron chi connectivity index (χ4n) is 1.70. The van der Waals surface area contributed by atoms with Crippen molar-refractivity contribution >= 4 is 11.9 Å². The van der Waals surface area contributed by atoms with Gasteiger partial charge in [-0.1, -0.05) is 0 Å².